The Balaban J connectivity index is 2.26. The van der Waals surface area contributed by atoms with E-state index in [4.69, 9.17) is 5.10 Å². The topological polar surface area (TPSA) is 63.1 Å². The first-order chi connectivity index (χ1) is 11.9. The molecule has 6 heteroatoms. The fourth-order valence-corrected chi connectivity index (χ4v) is 2.57. The van der Waals surface area contributed by atoms with Crippen molar-refractivity contribution in [2.24, 2.45) is 0 Å². The van der Waals surface area contributed by atoms with E-state index in [-0.39, 0.29) is 23.0 Å². The van der Waals surface area contributed by atoms with Crippen molar-refractivity contribution in [2.75, 3.05) is 12.4 Å². The van der Waals surface area contributed by atoms with Crippen LogP contribution in [0.25, 0.3) is 0 Å². The molecule has 1 atom stereocenters. The Hall–Kier alpha value is -2.37. The second-order valence-corrected chi connectivity index (χ2v) is 8.75. The molecule has 0 bridgehead atoms. The molecule has 1 N–H and O–H groups in total. The molecule has 0 aliphatic carbocycles. The molecule has 6 nitrogen and oxygen atoms in total. The lowest BCUT2D eigenvalue weighted by Crippen LogP contribution is -2.35. The molecule has 26 heavy (non-hydrogen) atoms. The molecule has 0 fully saturated rings. The summed E-state index contributed by atoms with van der Waals surface area (Å²) >= 11 is 0. The van der Waals surface area contributed by atoms with E-state index in [2.05, 4.69) is 51.8 Å². The summed E-state index contributed by atoms with van der Waals surface area (Å²) in [7, 11) is 1.79. The number of hydrogen-bond donors (Lipinski definition) is 1. The van der Waals surface area contributed by atoms with Gasteiger partial charge in [0.2, 0.25) is 0 Å². The first kappa shape index (κ1) is 19.9. The Labute approximate surface area is 156 Å². The smallest absolute Gasteiger partial charge is 0.321 e. The summed E-state index contributed by atoms with van der Waals surface area (Å²) in [5.41, 5.74) is 1.61. The molecule has 0 radical (unpaired) electrons. The largest absolute Gasteiger partial charge is 0.323 e. The van der Waals surface area contributed by atoms with Crippen LogP contribution in [0.15, 0.2) is 30.6 Å². The predicted octanol–water partition coefficient (Wildman–Crippen LogP) is 4.56. The van der Waals surface area contributed by atoms with Crippen molar-refractivity contribution in [3.05, 3.63) is 41.9 Å². The number of nitrogens with one attached hydrogen (secondary N) is 1. The molecule has 2 amide bonds. The number of nitrogens with zero attached hydrogens (tertiary/aromatic N) is 4. The average molecular weight is 358 g/mol. The van der Waals surface area contributed by atoms with E-state index >= 15 is 0 Å². The van der Waals surface area contributed by atoms with Gasteiger partial charge in [-0.15, -0.1) is 0 Å². The maximum atomic E-state index is 12.8. The third kappa shape index (κ3) is 4.42. The maximum Gasteiger partial charge on any atom is 0.323 e. The van der Waals surface area contributed by atoms with E-state index < -0.39 is 0 Å². The number of carbonyl (C=O) groups is 1. The van der Waals surface area contributed by atoms with Gasteiger partial charge in [-0.25, -0.2) is 9.48 Å². The molecule has 1 unspecified atom stereocenters. The van der Waals surface area contributed by atoms with E-state index in [1.165, 1.54) is 0 Å². The monoisotopic (exact) mass is 357 g/mol. The lowest BCUT2D eigenvalue weighted by molar-refractivity contribution is 0.208. The highest BCUT2D eigenvalue weighted by Gasteiger charge is 2.27. The standard InChI is InChI=1S/C20H31N5O/c1-14(15-10-9-11-21-13-15)24(8)18(26)22-17-12-16(19(2,3)4)23-25(17)20(5,6)7/h9-14H,1-8H3,(H,22,26). The minimum atomic E-state index is -0.236. The molecule has 0 saturated heterocycles. The molecule has 0 aliphatic rings. The van der Waals surface area contributed by atoms with Gasteiger partial charge in [0.05, 0.1) is 17.3 Å². The van der Waals surface area contributed by atoms with Crippen molar-refractivity contribution in [3.63, 3.8) is 0 Å². The van der Waals surface area contributed by atoms with Gasteiger partial charge in [-0.2, -0.15) is 5.10 Å². The van der Waals surface area contributed by atoms with Crippen molar-refractivity contribution in [2.45, 2.75) is 65.5 Å². The van der Waals surface area contributed by atoms with Crippen molar-refractivity contribution in [1.82, 2.24) is 19.7 Å². The summed E-state index contributed by atoms with van der Waals surface area (Å²) in [4.78, 5) is 18.6. The average Bonchev–Trinajstić information content (AvgIpc) is 2.98. The van der Waals surface area contributed by atoms with Crippen molar-refractivity contribution < 1.29 is 4.79 Å². The Morgan fingerprint density at radius 2 is 1.88 bits per heavy atom. The Kier molecular flexibility index (Phi) is 5.44. The molecule has 142 valence electrons. The quantitative estimate of drug-likeness (QED) is 0.876. The van der Waals surface area contributed by atoms with Gasteiger partial charge in [0.15, 0.2) is 0 Å². The minimum Gasteiger partial charge on any atom is -0.321 e. The van der Waals surface area contributed by atoms with Gasteiger partial charge in [0.1, 0.15) is 5.82 Å². The molecule has 0 spiro atoms. The number of hydrogen-bond acceptors (Lipinski definition) is 3. The lowest BCUT2D eigenvalue weighted by Gasteiger charge is -2.27. The molecule has 0 aliphatic heterocycles. The molecular formula is C20H31N5O. The van der Waals surface area contributed by atoms with Crippen LogP contribution in [0, 0.1) is 0 Å². The summed E-state index contributed by atoms with van der Waals surface area (Å²) in [5.74, 6) is 0.706. The van der Waals surface area contributed by atoms with Crippen LogP contribution in [0.2, 0.25) is 0 Å². The third-order valence-corrected chi connectivity index (χ3v) is 4.42. The summed E-state index contributed by atoms with van der Waals surface area (Å²) in [6, 6.07) is 5.55. The Morgan fingerprint density at radius 3 is 2.38 bits per heavy atom. The third-order valence-electron chi connectivity index (χ3n) is 4.42. The second-order valence-electron chi connectivity index (χ2n) is 8.75. The molecule has 0 saturated carbocycles. The van der Waals surface area contributed by atoms with E-state index in [0.717, 1.165) is 11.3 Å². The van der Waals surface area contributed by atoms with E-state index in [1.807, 2.05) is 29.8 Å². The summed E-state index contributed by atoms with van der Waals surface area (Å²) < 4.78 is 1.88. The zero-order valence-corrected chi connectivity index (χ0v) is 17.2. The summed E-state index contributed by atoms with van der Waals surface area (Å²) in [6.45, 7) is 14.6. The minimum absolute atomic E-state index is 0.0863. The summed E-state index contributed by atoms with van der Waals surface area (Å²) in [5, 5.41) is 7.77. The highest BCUT2D eigenvalue weighted by molar-refractivity contribution is 5.88. The lowest BCUT2D eigenvalue weighted by atomic mass is 9.92. The van der Waals surface area contributed by atoms with E-state index in [9.17, 15) is 4.79 Å². The zero-order valence-electron chi connectivity index (χ0n) is 17.2. The normalized spacial score (nSPS) is 13.4. The Morgan fingerprint density at radius 1 is 1.23 bits per heavy atom. The van der Waals surface area contributed by atoms with Gasteiger partial charge >= 0.3 is 6.03 Å². The molecule has 0 aromatic carbocycles. The number of aromatic nitrogens is 3. The fraction of sp³-hybridized carbons (Fsp3) is 0.550. The first-order valence-corrected chi connectivity index (χ1v) is 8.96. The molecule has 2 rings (SSSR count). The second kappa shape index (κ2) is 7.09. The number of anilines is 1. The van der Waals surface area contributed by atoms with E-state index in [0.29, 0.717) is 5.82 Å². The van der Waals surface area contributed by atoms with Crippen LogP contribution in [0.3, 0.4) is 0 Å². The van der Waals surface area contributed by atoms with Gasteiger partial charge in [0, 0.05) is 30.9 Å². The van der Waals surface area contributed by atoms with Crippen LogP contribution in [-0.4, -0.2) is 32.7 Å². The molecule has 2 aromatic heterocycles. The molecule has 2 aromatic rings. The number of carbonyl (C=O) groups excluding carboxylic acids is 1. The van der Waals surface area contributed by atoms with Gasteiger partial charge in [-0.05, 0) is 39.3 Å². The van der Waals surface area contributed by atoms with Crippen molar-refractivity contribution >= 4 is 11.8 Å². The van der Waals surface area contributed by atoms with Gasteiger partial charge in [0.25, 0.3) is 0 Å². The van der Waals surface area contributed by atoms with Crippen molar-refractivity contribution in [1.29, 1.82) is 0 Å². The fourth-order valence-electron chi connectivity index (χ4n) is 2.57. The van der Waals surface area contributed by atoms with Crippen LogP contribution in [-0.2, 0) is 11.0 Å². The SMILES string of the molecule is CC(c1cccnc1)N(C)C(=O)Nc1cc(C(C)(C)C)nn1C(C)(C)C. The van der Waals surface area contributed by atoms with Crippen molar-refractivity contribution in [3.8, 4) is 0 Å². The predicted molar refractivity (Wildman–Crippen MR) is 105 cm³/mol. The van der Waals surface area contributed by atoms with Gasteiger partial charge in [-0.3, -0.25) is 10.3 Å². The summed E-state index contributed by atoms with van der Waals surface area (Å²) in [6.07, 6.45) is 3.51. The number of urea groups is 1. The van der Waals surface area contributed by atoms with E-state index in [1.54, 1.807) is 24.3 Å². The highest BCUT2D eigenvalue weighted by atomic mass is 16.2. The molecular weight excluding hydrogens is 326 g/mol. The van der Waals surface area contributed by atoms with Gasteiger partial charge in [-0.1, -0.05) is 26.8 Å². The van der Waals surface area contributed by atoms with Crippen LogP contribution >= 0.6 is 0 Å². The van der Waals surface area contributed by atoms with Gasteiger partial charge < -0.3 is 4.90 Å². The van der Waals surface area contributed by atoms with Crippen LogP contribution in [0.5, 0.6) is 0 Å². The van der Waals surface area contributed by atoms with Crippen LogP contribution < -0.4 is 5.32 Å². The number of pyridine rings is 1. The number of rotatable bonds is 3. The Bertz CT molecular complexity index is 753. The first-order valence-electron chi connectivity index (χ1n) is 8.96. The van der Waals surface area contributed by atoms with Crippen LogP contribution in [0.1, 0.15) is 65.8 Å². The zero-order chi connectivity index (χ0) is 19.7. The molecule has 2 heterocycles. The number of amides is 2. The maximum absolute atomic E-state index is 12.8. The highest BCUT2D eigenvalue weighted by Crippen LogP contribution is 2.28. The van der Waals surface area contributed by atoms with Crippen LogP contribution in [0.4, 0.5) is 10.6 Å².